The number of ether oxygens (including phenoxy) is 2. The number of unbranched alkanes of at least 4 members (excludes halogenated alkanes) is 1. The highest BCUT2D eigenvalue weighted by Crippen LogP contribution is 2.17. The Labute approximate surface area is 126 Å². The van der Waals surface area contributed by atoms with Gasteiger partial charge in [-0.2, -0.15) is 0 Å². The first-order chi connectivity index (χ1) is 10.3. The standard InChI is InChI=1S/C16H24N2O3/c1-2-3-8-21-15-6-4-5-14(10-15)18-16(19)17-11-13-7-9-20-12-13/h4-6,10,13H,2-3,7-9,11-12H2,1H3,(H2,17,18,19)/t13-/m1/s1. The van der Waals surface area contributed by atoms with Crippen molar-refractivity contribution in [2.24, 2.45) is 5.92 Å². The van der Waals surface area contributed by atoms with E-state index in [9.17, 15) is 4.79 Å². The molecule has 1 atom stereocenters. The summed E-state index contributed by atoms with van der Waals surface area (Å²) in [6.07, 6.45) is 3.15. The van der Waals surface area contributed by atoms with Gasteiger partial charge in [-0.15, -0.1) is 0 Å². The van der Waals surface area contributed by atoms with E-state index < -0.39 is 0 Å². The lowest BCUT2D eigenvalue weighted by Gasteiger charge is -2.12. The van der Waals surface area contributed by atoms with Crippen LogP contribution in [0.3, 0.4) is 0 Å². The summed E-state index contributed by atoms with van der Waals surface area (Å²) in [5, 5.41) is 5.70. The number of nitrogens with one attached hydrogen (secondary N) is 2. The number of hydrogen-bond acceptors (Lipinski definition) is 3. The van der Waals surface area contributed by atoms with Gasteiger partial charge in [-0.25, -0.2) is 4.79 Å². The number of anilines is 1. The van der Waals surface area contributed by atoms with E-state index in [0.29, 0.717) is 19.1 Å². The Hall–Kier alpha value is -1.75. The summed E-state index contributed by atoms with van der Waals surface area (Å²) >= 11 is 0. The largest absolute Gasteiger partial charge is 0.494 e. The van der Waals surface area contributed by atoms with E-state index in [1.54, 1.807) is 0 Å². The molecule has 5 nitrogen and oxygen atoms in total. The predicted octanol–water partition coefficient (Wildman–Crippen LogP) is 3.02. The molecule has 0 spiro atoms. The van der Waals surface area contributed by atoms with Gasteiger partial charge in [-0.3, -0.25) is 0 Å². The smallest absolute Gasteiger partial charge is 0.319 e. The van der Waals surface area contributed by atoms with Gasteiger partial charge in [-0.1, -0.05) is 19.4 Å². The van der Waals surface area contributed by atoms with Gasteiger partial charge in [0.2, 0.25) is 0 Å². The topological polar surface area (TPSA) is 59.6 Å². The van der Waals surface area contributed by atoms with Crippen LogP contribution in [-0.2, 0) is 4.74 Å². The molecule has 0 bridgehead atoms. The summed E-state index contributed by atoms with van der Waals surface area (Å²) in [4.78, 5) is 11.8. The molecule has 2 rings (SSSR count). The summed E-state index contributed by atoms with van der Waals surface area (Å²) in [6.45, 7) is 5.01. The van der Waals surface area contributed by atoms with Gasteiger partial charge in [0.25, 0.3) is 0 Å². The van der Waals surface area contributed by atoms with Gasteiger partial charge in [-0.05, 0) is 25.0 Å². The Balaban J connectivity index is 1.75. The lowest BCUT2D eigenvalue weighted by molar-refractivity contribution is 0.185. The molecule has 1 fully saturated rings. The van der Waals surface area contributed by atoms with Gasteiger partial charge in [0.1, 0.15) is 5.75 Å². The Kier molecular flexibility index (Phi) is 6.34. The number of carbonyl (C=O) groups is 1. The summed E-state index contributed by atoms with van der Waals surface area (Å²) < 4.78 is 10.9. The zero-order valence-corrected chi connectivity index (χ0v) is 12.6. The fraction of sp³-hybridized carbons (Fsp3) is 0.562. The fourth-order valence-electron chi connectivity index (χ4n) is 2.15. The summed E-state index contributed by atoms with van der Waals surface area (Å²) in [5.74, 6) is 1.21. The molecule has 5 heteroatoms. The molecule has 1 aromatic rings. The van der Waals surface area contributed by atoms with E-state index >= 15 is 0 Å². The molecule has 0 aliphatic carbocycles. The van der Waals surface area contributed by atoms with Crippen molar-refractivity contribution in [1.29, 1.82) is 0 Å². The van der Waals surface area contributed by atoms with Gasteiger partial charge in [0, 0.05) is 30.8 Å². The molecule has 0 saturated carbocycles. The highest BCUT2D eigenvalue weighted by atomic mass is 16.5. The summed E-state index contributed by atoms with van der Waals surface area (Å²) in [7, 11) is 0. The maximum absolute atomic E-state index is 11.8. The number of carbonyl (C=O) groups excluding carboxylic acids is 1. The highest BCUT2D eigenvalue weighted by Gasteiger charge is 2.16. The van der Waals surface area contributed by atoms with E-state index in [-0.39, 0.29) is 6.03 Å². The van der Waals surface area contributed by atoms with Crippen LogP contribution >= 0.6 is 0 Å². The highest BCUT2D eigenvalue weighted by molar-refractivity contribution is 5.89. The van der Waals surface area contributed by atoms with Crippen LogP contribution in [0.15, 0.2) is 24.3 Å². The molecule has 1 saturated heterocycles. The van der Waals surface area contributed by atoms with Crippen molar-refractivity contribution in [3.05, 3.63) is 24.3 Å². The average Bonchev–Trinajstić information content (AvgIpc) is 2.99. The van der Waals surface area contributed by atoms with E-state index in [1.807, 2.05) is 24.3 Å². The van der Waals surface area contributed by atoms with Crippen molar-refractivity contribution in [3.8, 4) is 5.75 Å². The molecular formula is C16H24N2O3. The maximum Gasteiger partial charge on any atom is 0.319 e. The number of benzene rings is 1. The third kappa shape index (κ3) is 5.63. The van der Waals surface area contributed by atoms with Gasteiger partial charge >= 0.3 is 6.03 Å². The normalized spacial score (nSPS) is 17.5. The molecule has 1 aromatic carbocycles. The molecule has 1 heterocycles. The predicted molar refractivity (Wildman–Crippen MR) is 82.8 cm³/mol. The van der Waals surface area contributed by atoms with E-state index in [2.05, 4.69) is 17.6 Å². The molecule has 116 valence electrons. The minimum atomic E-state index is -0.187. The minimum Gasteiger partial charge on any atom is -0.494 e. The quantitative estimate of drug-likeness (QED) is 0.759. The Morgan fingerprint density at radius 2 is 2.38 bits per heavy atom. The van der Waals surface area contributed by atoms with E-state index in [4.69, 9.17) is 9.47 Å². The monoisotopic (exact) mass is 292 g/mol. The van der Waals surface area contributed by atoms with Crippen LogP contribution in [0.2, 0.25) is 0 Å². The maximum atomic E-state index is 11.8. The molecule has 2 amide bonds. The summed E-state index contributed by atoms with van der Waals surface area (Å²) in [6, 6.07) is 7.28. The number of hydrogen-bond donors (Lipinski definition) is 2. The molecule has 0 aromatic heterocycles. The van der Waals surface area contributed by atoms with Gasteiger partial charge in [0.15, 0.2) is 0 Å². The van der Waals surface area contributed by atoms with Gasteiger partial charge in [0.05, 0.1) is 13.2 Å². The number of urea groups is 1. The van der Waals surface area contributed by atoms with Crippen LogP contribution in [0.1, 0.15) is 26.2 Å². The Morgan fingerprint density at radius 3 is 3.14 bits per heavy atom. The Bertz CT molecular complexity index is 445. The van der Waals surface area contributed by atoms with Crippen molar-refractivity contribution < 1.29 is 14.3 Å². The lowest BCUT2D eigenvalue weighted by Crippen LogP contribution is -2.33. The van der Waals surface area contributed by atoms with Crippen LogP contribution in [0.5, 0.6) is 5.75 Å². The molecule has 0 radical (unpaired) electrons. The van der Waals surface area contributed by atoms with E-state index in [1.165, 1.54) is 0 Å². The second-order valence-corrected chi connectivity index (χ2v) is 5.29. The molecule has 0 unspecified atom stereocenters. The summed E-state index contributed by atoms with van der Waals surface area (Å²) in [5.41, 5.74) is 0.740. The molecule has 1 aliphatic heterocycles. The van der Waals surface area contributed by atoms with Crippen molar-refractivity contribution in [3.63, 3.8) is 0 Å². The minimum absolute atomic E-state index is 0.187. The SMILES string of the molecule is CCCCOc1cccc(NC(=O)NC[C@H]2CCOC2)c1. The second kappa shape index (κ2) is 8.52. The van der Waals surface area contributed by atoms with Crippen molar-refractivity contribution in [2.75, 3.05) is 31.7 Å². The van der Waals surface area contributed by atoms with Crippen LogP contribution in [-0.4, -0.2) is 32.4 Å². The molecule has 1 aliphatic rings. The van der Waals surface area contributed by atoms with Crippen molar-refractivity contribution >= 4 is 11.7 Å². The zero-order valence-electron chi connectivity index (χ0n) is 12.6. The van der Waals surface area contributed by atoms with Crippen LogP contribution in [0.25, 0.3) is 0 Å². The first-order valence-electron chi connectivity index (χ1n) is 7.63. The van der Waals surface area contributed by atoms with Crippen LogP contribution < -0.4 is 15.4 Å². The third-order valence-electron chi connectivity index (χ3n) is 3.43. The van der Waals surface area contributed by atoms with Crippen LogP contribution in [0, 0.1) is 5.92 Å². The number of rotatable bonds is 7. The first-order valence-corrected chi connectivity index (χ1v) is 7.63. The fourth-order valence-corrected chi connectivity index (χ4v) is 2.15. The Morgan fingerprint density at radius 1 is 1.48 bits per heavy atom. The lowest BCUT2D eigenvalue weighted by atomic mass is 10.1. The third-order valence-corrected chi connectivity index (χ3v) is 3.43. The molecular weight excluding hydrogens is 268 g/mol. The van der Waals surface area contributed by atoms with Crippen molar-refractivity contribution in [2.45, 2.75) is 26.2 Å². The second-order valence-electron chi connectivity index (χ2n) is 5.29. The molecule has 2 N–H and O–H groups in total. The van der Waals surface area contributed by atoms with Crippen LogP contribution in [0.4, 0.5) is 10.5 Å². The van der Waals surface area contributed by atoms with E-state index in [0.717, 1.165) is 43.9 Å². The first kappa shape index (κ1) is 15.6. The van der Waals surface area contributed by atoms with Crippen molar-refractivity contribution in [1.82, 2.24) is 5.32 Å². The zero-order chi connectivity index (χ0) is 14.9. The average molecular weight is 292 g/mol. The molecule has 21 heavy (non-hydrogen) atoms. The number of amides is 2. The van der Waals surface area contributed by atoms with Gasteiger partial charge < -0.3 is 20.1 Å².